The third kappa shape index (κ3) is 2.68. The van der Waals surface area contributed by atoms with Gasteiger partial charge in [-0.05, 0) is 12.1 Å². The molecule has 19 heavy (non-hydrogen) atoms. The molecule has 1 aromatic heterocycles. The summed E-state index contributed by atoms with van der Waals surface area (Å²) in [6.45, 7) is 0.195. The van der Waals surface area contributed by atoms with Crippen LogP contribution in [0.4, 0.5) is 11.4 Å². The summed E-state index contributed by atoms with van der Waals surface area (Å²) in [7, 11) is 0. The maximum absolute atomic E-state index is 11.0. The molecule has 0 amide bonds. The van der Waals surface area contributed by atoms with E-state index in [0.717, 1.165) is 0 Å². The van der Waals surface area contributed by atoms with Gasteiger partial charge in [0.15, 0.2) is 0 Å². The summed E-state index contributed by atoms with van der Waals surface area (Å²) in [5, 5.41) is 26.3. The van der Waals surface area contributed by atoms with Crippen molar-refractivity contribution in [3.8, 4) is 0 Å². The number of hydrogen-bond donors (Lipinski definition) is 2. The lowest BCUT2D eigenvalue weighted by Crippen LogP contribution is -2.08. The zero-order valence-electron chi connectivity index (χ0n) is 9.57. The molecule has 2 rings (SSSR count). The molecule has 0 atom stereocenters. The molecule has 0 radical (unpaired) electrons. The largest absolute Gasteiger partial charge is 0.477 e. The van der Waals surface area contributed by atoms with Gasteiger partial charge < -0.3 is 14.9 Å². The quantitative estimate of drug-likeness (QED) is 0.624. The summed E-state index contributed by atoms with van der Waals surface area (Å²) in [6.07, 6.45) is 1.37. The van der Waals surface area contributed by atoms with Gasteiger partial charge in [0.05, 0.1) is 11.5 Å². The number of aromatic nitrogens is 1. The molecule has 2 aromatic rings. The van der Waals surface area contributed by atoms with Crippen molar-refractivity contribution in [1.29, 1.82) is 0 Å². The number of anilines is 1. The minimum Gasteiger partial charge on any atom is -0.477 e. The summed E-state index contributed by atoms with van der Waals surface area (Å²) in [4.78, 5) is 21.2. The highest BCUT2D eigenvalue weighted by Crippen LogP contribution is 2.28. The molecule has 0 saturated heterocycles. The molecule has 0 saturated carbocycles. The first-order valence-corrected chi connectivity index (χ1v) is 5.23. The van der Waals surface area contributed by atoms with Crippen LogP contribution in [0.3, 0.4) is 0 Å². The van der Waals surface area contributed by atoms with Crippen LogP contribution in [0.1, 0.15) is 16.1 Å². The Kier molecular flexibility index (Phi) is 3.42. The zero-order chi connectivity index (χ0) is 13.8. The van der Waals surface area contributed by atoms with Crippen molar-refractivity contribution >= 4 is 17.3 Å². The van der Waals surface area contributed by atoms with Gasteiger partial charge in [-0.3, -0.25) is 10.1 Å². The van der Waals surface area contributed by atoms with Gasteiger partial charge in [0.1, 0.15) is 23.2 Å². The third-order valence-electron chi connectivity index (χ3n) is 2.40. The Morgan fingerprint density at radius 2 is 2.26 bits per heavy atom. The van der Waals surface area contributed by atoms with E-state index in [1.165, 1.54) is 24.5 Å². The first-order valence-electron chi connectivity index (χ1n) is 5.23. The van der Waals surface area contributed by atoms with Crippen LogP contribution in [0.15, 0.2) is 35.1 Å². The predicted molar refractivity (Wildman–Crippen MR) is 63.9 cm³/mol. The number of rotatable bonds is 5. The van der Waals surface area contributed by atoms with E-state index in [0.29, 0.717) is 5.69 Å². The van der Waals surface area contributed by atoms with Crippen molar-refractivity contribution in [3.05, 3.63) is 51.9 Å². The average molecular weight is 263 g/mol. The summed E-state index contributed by atoms with van der Waals surface area (Å²) >= 11 is 0. The number of para-hydroxylation sites is 1. The number of aromatic carboxylic acids is 1. The number of carboxylic acids is 1. The molecular formula is C11H9N3O5. The van der Waals surface area contributed by atoms with Crippen LogP contribution in [0.2, 0.25) is 0 Å². The van der Waals surface area contributed by atoms with Crippen LogP contribution in [-0.2, 0) is 6.54 Å². The minimum atomic E-state index is -1.35. The van der Waals surface area contributed by atoms with Crippen LogP contribution in [0.25, 0.3) is 0 Å². The highest BCUT2D eigenvalue weighted by atomic mass is 16.6. The number of benzene rings is 1. The lowest BCUT2D eigenvalue weighted by atomic mass is 10.1. The van der Waals surface area contributed by atoms with Crippen LogP contribution < -0.4 is 5.32 Å². The van der Waals surface area contributed by atoms with E-state index in [4.69, 9.17) is 5.11 Å². The average Bonchev–Trinajstić information content (AvgIpc) is 2.88. The lowest BCUT2D eigenvalue weighted by molar-refractivity contribution is -0.384. The van der Waals surface area contributed by atoms with E-state index in [1.807, 2.05) is 0 Å². The smallest absolute Gasteiger partial charge is 0.342 e. The molecule has 0 spiro atoms. The molecule has 8 nitrogen and oxygen atoms in total. The third-order valence-corrected chi connectivity index (χ3v) is 2.40. The van der Waals surface area contributed by atoms with Crippen molar-refractivity contribution in [2.24, 2.45) is 0 Å². The number of nitrogens with one attached hydrogen (secondary N) is 1. The lowest BCUT2D eigenvalue weighted by Gasteiger charge is -2.06. The van der Waals surface area contributed by atoms with Gasteiger partial charge >= 0.3 is 11.7 Å². The van der Waals surface area contributed by atoms with Crippen molar-refractivity contribution in [2.45, 2.75) is 6.54 Å². The van der Waals surface area contributed by atoms with E-state index >= 15 is 0 Å². The Balaban J connectivity index is 2.31. The fourth-order valence-corrected chi connectivity index (χ4v) is 1.57. The molecular weight excluding hydrogens is 254 g/mol. The number of nitro benzene ring substituents is 1. The Morgan fingerprint density at radius 3 is 2.84 bits per heavy atom. The maximum atomic E-state index is 11.0. The molecule has 1 aromatic carbocycles. The van der Waals surface area contributed by atoms with Crippen LogP contribution in [0, 0.1) is 10.1 Å². The van der Waals surface area contributed by atoms with Crippen molar-refractivity contribution in [1.82, 2.24) is 5.16 Å². The van der Waals surface area contributed by atoms with Crippen LogP contribution >= 0.6 is 0 Å². The number of hydrogen-bond acceptors (Lipinski definition) is 6. The molecule has 0 unspecified atom stereocenters. The van der Waals surface area contributed by atoms with Gasteiger partial charge in [-0.25, -0.2) is 4.79 Å². The maximum Gasteiger partial charge on any atom is 0.342 e. The second kappa shape index (κ2) is 5.17. The Morgan fingerprint density at radius 1 is 1.47 bits per heavy atom. The van der Waals surface area contributed by atoms with E-state index < -0.39 is 16.6 Å². The second-order valence-corrected chi connectivity index (χ2v) is 3.61. The van der Waals surface area contributed by atoms with E-state index in [-0.39, 0.29) is 17.8 Å². The SMILES string of the molecule is O=C(O)c1cccc(NCc2ccon2)c1[N+](=O)[O-]. The van der Waals surface area contributed by atoms with Gasteiger partial charge in [0.2, 0.25) is 0 Å². The van der Waals surface area contributed by atoms with E-state index in [2.05, 4.69) is 15.0 Å². The summed E-state index contributed by atoms with van der Waals surface area (Å²) in [5.74, 6) is -1.35. The molecule has 1 heterocycles. The number of carbonyl (C=O) groups is 1. The normalized spacial score (nSPS) is 10.1. The molecule has 8 heteroatoms. The van der Waals surface area contributed by atoms with Gasteiger partial charge in [-0.1, -0.05) is 11.2 Å². The van der Waals surface area contributed by atoms with Gasteiger partial charge in [-0.2, -0.15) is 0 Å². The number of carboxylic acid groups (broad SMARTS) is 1. The summed E-state index contributed by atoms with van der Waals surface area (Å²) < 4.78 is 4.62. The van der Waals surface area contributed by atoms with E-state index in [9.17, 15) is 14.9 Å². The molecule has 0 aliphatic heterocycles. The fraction of sp³-hybridized carbons (Fsp3) is 0.0909. The summed E-state index contributed by atoms with van der Waals surface area (Å²) in [5.41, 5.74) is -0.170. The Labute approximate surface area is 106 Å². The monoisotopic (exact) mass is 263 g/mol. The predicted octanol–water partition coefficient (Wildman–Crippen LogP) is 1.89. The zero-order valence-corrected chi connectivity index (χ0v) is 9.57. The van der Waals surface area contributed by atoms with E-state index in [1.54, 1.807) is 6.07 Å². The molecule has 0 aliphatic carbocycles. The van der Waals surface area contributed by atoms with Gasteiger partial charge in [0.25, 0.3) is 0 Å². The van der Waals surface area contributed by atoms with Gasteiger partial charge in [0, 0.05) is 6.07 Å². The van der Waals surface area contributed by atoms with Gasteiger partial charge in [-0.15, -0.1) is 0 Å². The second-order valence-electron chi connectivity index (χ2n) is 3.61. The summed E-state index contributed by atoms with van der Waals surface area (Å²) in [6, 6.07) is 5.65. The first kappa shape index (κ1) is 12.6. The molecule has 0 aliphatic rings. The molecule has 0 bridgehead atoms. The van der Waals surface area contributed by atoms with Crippen LogP contribution in [0.5, 0.6) is 0 Å². The molecule has 2 N–H and O–H groups in total. The topological polar surface area (TPSA) is 118 Å². The van der Waals surface area contributed by atoms with Crippen LogP contribution in [-0.4, -0.2) is 21.2 Å². The number of nitrogens with zero attached hydrogens (tertiary/aromatic N) is 2. The first-order chi connectivity index (χ1) is 9.09. The van der Waals surface area contributed by atoms with Crippen molar-refractivity contribution in [3.63, 3.8) is 0 Å². The van der Waals surface area contributed by atoms with Crippen molar-refractivity contribution in [2.75, 3.05) is 5.32 Å². The number of nitro groups is 1. The van der Waals surface area contributed by atoms with Crippen molar-refractivity contribution < 1.29 is 19.3 Å². The Bertz CT molecular complexity index is 609. The Hall–Kier alpha value is -2.90. The minimum absolute atomic E-state index is 0.118. The molecule has 0 fully saturated rings. The molecule has 98 valence electrons. The standard InChI is InChI=1S/C11H9N3O5/c15-11(16)8-2-1-3-9(10(8)14(17)18)12-6-7-4-5-19-13-7/h1-5,12H,6H2,(H,15,16). The fourth-order valence-electron chi connectivity index (χ4n) is 1.57. The highest BCUT2D eigenvalue weighted by molar-refractivity contribution is 5.95. The highest BCUT2D eigenvalue weighted by Gasteiger charge is 2.23.